The van der Waals surface area contributed by atoms with Crippen LogP contribution in [0.3, 0.4) is 0 Å². The first-order chi connectivity index (χ1) is 10.8. The second-order valence-electron chi connectivity index (χ2n) is 5.50. The van der Waals surface area contributed by atoms with E-state index in [1.807, 2.05) is 6.92 Å². The second kappa shape index (κ2) is 7.19. The first-order valence-electron chi connectivity index (χ1n) is 7.22. The summed E-state index contributed by atoms with van der Waals surface area (Å²) in [6.07, 6.45) is 0. The molecule has 1 heterocycles. The summed E-state index contributed by atoms with van der Waals surface area (Å²) in [4.78, 5) is 24.8. The van der Waals surface area contributed by atoms with Gasteiger partial charge in [-0.1, -0.05) is 17.7 Å². The molecule has 1 atom stereocenters. The van der Waals surface area contributed by atoms with Gasteiger partial charge < -0.3 is 11.1 Å². The van der Waals surface area contributed by atoms with Crippen LogP contribution < -0.4 is 11.1 Å². The van der Waals surface area contributed by atoms with E-state index in [-0.39, 0.29) is 11.2 Å². The number of carbonyl (C=O) groups is 2. The molecule has 2 aromatic rings. The first-order valence-corrected chi connectivity index (χ1v) is 8.98. The summed E-state index contributed by atoms with van der Waals surface area (Å²) in [5, 5.41) is 4.77. The Kier molecular flexibility index (Phi) is 5.49. The molecule has 1 aromatic heterocycles. The van der Waals surface area contributed by atoms with Crippen molar-refractivity contribution >= 4 is 39.9 Å². The maximum absolute atomic E-state index is 12.4. The Bertz CT molecular complexity index is 730. The summed E-state index contributed by atoms with van der Waals surface area (Å²) in [5.74, 6) is -0.675. The molecule has 4 nitrogen and oxygen atoms in total. The molecule has 0 bridgehead atoms. The summed E-state index contributed by atoms with van der Waals surface area (Å²) in [6, 6.07) is 5.85. The third kappa shape index (κ3) is 4.14. The van der Waals surface area contributed by atoms with Gasteiger partial charge in [0.15, 0.2) is 0 Å². The molecule has 23 heavy (non-hydrogen) atoms. The highest BCUT2D eigenvalue weighted by molar-refractivity contribution is 8.00. The lowest BCUT2D eigenvalue weighted by Gasteiger charge is -2.16. The number of amides is 2. The molecule has 2 rings (SSSR count). The van der Waals surface area contributed by atoms with Crippen LogP contribution in [-0.4, -0.2) is 17.1 Å². The SMILES string of the molecule is Cc1cc(C)c(S[C@@H](C)C(=O)Nc2sccc2C(N)=O)c(C)c1. The summed E-state index contributed by atoms with van der Waals surface area (Å²) in [7, 11) is 0. The summed E-state index contributed by atoms with van der Waals surface area (Å²) in [6.45, 7) is 8.03. The average Bonchev–Trinajstić information content (AvgIpc) is 2.90. The van der Waals surface area contributed by atoms with Gasteiger partial charge in [0.1, 0.15) is 5.00 Å². The van der Waals surface area contributed by atoms with E-state index in [2.05, 4.69) is 38.2 Å². The van der Waals surface area contributed by atoms with Gasteiger partial charge >= 0.3 is 0 Å². The molecular formula is C17H20N2O2S2. The number of rotatable bonds is 5. The van der Waals surface area contributed by atoms with Crippen molar-refractivity contribution in [3.8, 4) is 0 Å². The van der Waals surface area contributed by atoms with E-state index >= 15 is 0 Å². The van der Waals surface area contributed by atoms with Crippen molar-refractivity contribution in [3.05, 3.63) is 45.8 Å². The van der Waals surface area contributed by atoms with Gasteiger partial charge in [-0.3, -0.25) is 9.59 Å². The van der Waals surface area contributed by atoms with E-state index in [9.17, 15) is 9.59 Å². The van der Waals surface area contributed by atoms with Gasteiger partial charge in [-0.05, 0) is 50.3 Å². The highest BCUT2D eigenvalue weighted by Gasteiger charge is 2.19. The molecule has 0 aliphatic carbocycles. The molecule has 0 radical (unpaired) electrons. The van der Waals surface area contributed by atoms with Crippen LogP contribution in [0.5, 0.6) is 0 Å². The number of thiophene rings is 1. The Labute approximate surface area is 144 Å². The lowest BCUT2D eigenvalue weighted by molar-refractivity contribution is -0.115. The lowest BCUT2D eigenvalue weighted by atomic mass is 10.1. The van der Waals surface area contributed by atoms with Crippen molar-refractivity contribution in [1.29, 1.82) is 0 Å². The van der Waals surface area contributed by atoms with Crippen LogP contribution in [0, 0.1) is 20.8 Å². The van der Waals surface area contributed by atoms with E-state index in [0.717, 1.165) is 4.90 Å². The summed E-state index contributed by atoms with van der Waals surface area (Å²) in [5.41, 5.74) is 9.20. The molecular weight excluding hydrogens is 328 g/mol. The third-order valence-electron chi connectivity index (χ3n) is 3.44. The van der Waals surface area contributed by atoms with Crippen molar-refractivity contribution < 1.29 is 9.59 Å². The molecule has 0 fully saturated rings. The summed E-state index contributed by atoms with van der Waals surface area (Å²) < 4.78 is 0. The number of primary amides is 1. The quantitative estimate of drug-likeness (QED) is 0.805. The Morgan fingerprint density at radius 2 is 1.83 bits per heavy atom. The number of hydrogen-bond acceptors (Lipinski definition) is 4. The van der Waals surface area contributed by atoms with Crippen LogP contribution in [0.1, 0.15) is 34.0 Å². The molecule has 0 spiro atoms. The lowest BCUT2D eigenvalue weighted by Crippen LogP contribution is -2.23. The maximum atomic E-state index is 12.4. The van der Waals surface area contributed by atoms with E-state index in [1.165, 1.54) is 39.8 Å². The molecule has 0 aliphatic heterocycles. The fraction of sp³-hybridized carbons (Fsp3) is 0.294. The van der Waals surface area contributed by atoms with Crippen LogP contribution in [0.2, 0.25) is 0 Å². The van der Waals surface area contributed by atoms with E-state index in [0.29, 0.717) is 10.6 Å². The van der Waals surface area contributed by atoms with Crippen LogP contribution in [0.25, 0.3) is 0 Å². The monoisotopic (exact) mass is 348 g/mol. The number of aryl methyl sites for hydroxylation is 3. The van der Waals surface area contributed by atoms with Gasteiger partial charge in [0, 0.05) is 4.90 Å². The smallest absolute Gasteiger partial charge is 0.251 e. The third-order valence-corrected chi connectivity index (χ3v) is 5.71. The van der Waals surface area contributed by atoms with Crippen LogP contribution >= 0.6 is 23.1 Å². The largest absolute Gasteiger partial charge is 0.366 e. The van der Waals surface area contributed by atoms with Crippen molar-refractivity contribution in [2.45, 2.75) is 37.8 Å². The number of thioether (sulfide) groups is 1. The van der Waals surface area contributed by atoms with E-state index in [1.54, 1.807) is 11.4 Å². The molecule has 0 aliphatic rings. The average molecular weight is 348 g/mol. The number of anilines is 1. The molecule has 2 amide bonds. The zero-order chi connectivity index (χ0) is 17.1. The van der Waals surface area contributed by atoms with E-state index < -0.39 is 5.91 Å². The number of hydrogen-bond donors (Lipinski definition) is 2. The normalized spacial score (nSPS) is 12.0. The van der Waals surface area contributed by atoms with Crippen LogP contribution in [0.15, 0.2) is 28.5 Å². The molecule has 0 unspecified atom stereocenters. The minimum atomic E-state index is -0.535. The highest BCUT2D eigenvalue weighted by Crippen LogP contribution is 2.32. The molecule has 0 saturated heterocycles. The molecule has 6 heteroatoms. The minimum absolute atomic E-state index is 0.140. The Morgan fingerprint density at radius 1 is 1.22 bits per heavy atom. The maximum Gasteiger partial charge on any atom is 0.251 e. The molecule has 1 aromatic carbocycles. The molecule has 0 saturated carbocycles. The Balaban J connectivity index is 2.12. The second-order valence-corrected chi connectivity index (χ2v) is 7.77. The van der Waals surface area contributed by atoms with Crippen molar-refractivity contribution in [2.24, 2.45) is 5.73 Å². The Hall–Kier alpha value is -1.79. The first kappa shape index (κ1) is 17.6. The predicted octanol–water partition coefficient (Wildman–Crippen LogP) is 3.89. The predicted molar refractivity (Wildman–Crippen MR) is 97.4 cm³/mol. The number of nitrogens with one attached hydrogen (secondary N) is 1. The topological polar surface area (TPSA) is 72.2 Å². The van der Waals surface area contributed by atoms with Crippen LogP contribution in [-0.2, 0) is 4.79 Å². The fourth-order valence-electron chi connectivity index (χ4n) is 2.40. The Morgan fingerprint density at radius 3 is 2.39 bits per heavy atom. The van der Waals surface area contributed by atoms with Gasteiger partial charge in [-0.25, -0.2) is 0 Å². The number of benzene rings is 1. The zero-order valence-corrected chi connectivity index (χ0v) is 15.2. The standard InChI is InChI=1S/C17H20N2O2S2/c1-9-7-10(2)14(11(3)8-9)23-12(4)16(21)19-17-13(15(18)20)5-6-22-17/h5-8,12H,1-4H3,(H2,18,20)(H,19,21)/t12-/m0/s1. The van der Waals surface area contributed by atoms with Gasteiger partial charge in [0.25, 0.3) is 5.91 Å². The zero-order valence-electron chi connectivity index (χ0n) is 13.6. The van der Waals surface area contributed by atoms with Gasteiger partial charge in [0.2, 0.25) is 5.91 Å². The minimum Gasteiger partial charge on any atom is -0.366 e. The van der Waals surface area contributed by atoms with Crippen molar-refractivity contribution in [1.82, 2.24) is 0 Å². The molecule has 122 valence electrons. The highest BCUT2D eigenvalue weighted by atomic mass is 32.2. The fourth-order valence-corrected chi connectivity index (χ4v) is 4.20. The molecule has 3 N–H and O–H groups in total. The van der Waals surface area contributed by atoms with Crippen molar-refractivity contribution in [3.63, 3.8) is 0 Å². The number of carbonyl (C=O) groups excluding carboxylic acids is 2. The van der Waals surface area contributed by atoms with Gasteiger partial charge in [0.05, 0.1) is 10.8 Å². The van der Waals surface area contributed by atoms with Gasteiger partial charge in [-0.15, -0.1) is 23.1 Å². The number of nitrogens with two attached hydrogens (primary N) is 1. The van der Waals surface area contributed by atoms with Gasteiger partial charge in [-0.2, -0.15) is 0 Å². The van der Waals surface area contributed by atoms with Crippen molar-refractivity contribution in [2.75, 3.05) is 5.32 Å². The van der Waals surface area contributed by atoms with Crippen LogP contribution in [0.4, 0.5) is 5.00 Å². The summed E-state index contributed by atoms with van der Waals surface area (Å²) >= 11 is 2.82. The van der Waals surface area contributed by atoms with E-state index in [4.69, 9.17) is 5.73 Å².